The molecule has 3 rings (SSSR count). The van der Waals surface area contributed by atoms with Gasteiger partial charge in [-0.25, -0.2) is 0 Å². The van der Waals surface area contributed by atoms with Gasteiger partial charge in [-0.15, -0.1) is 0 Å². The van der Waals surface area contributed by atoms with Gasteiger partial charge >= 0.3 is 11.8 Å². The van der Waals surface area contributed by atoms with Crippen molar-refractivity contribution in [2.75, 3.05) is 44.2 Å². The van der Waals surface area contributed by atoms with Crippen molar-refractivity contribution in [1.82, 2.24) is 10.6 Å². The number of piperazine rings is 1. The van der Waals surface area contributed by atoms with Crippen molar-refractivity contribution in [3.63, 3.8) is 0 Å². The largest absolute Gasteiger partial charge is 0.463 e. The summed E-state index contributed by atoms with van der Waals surface area (Å²) in [5.41, 5.74) is 1.23. The second-order valence-corrected chi connectivity index (χ2v) is 7.01. The fourth-order valence-corrected chi connectivity index (χ4v) is 3.57. The molecule has 0 bridgehead atoms. The third-order valence-corrected chi connectivity index (χ3v) is 5.11. The number of furan rings is 1. The molecule has 1 aromatic heterocycles. The number of anilines is 1. The van der Waals surface area contributed by atoms with Crippen LogP contribution in [-0.2, 0) is 9.59 Å². The molecule has 2 amide bonds. The molecule has 0 saturated carbocycles. The first-order chi connectivity index (χ1) is 13.7. The zero-order chi connectivity index (χ0) is 19.8. The first-order valence-corrected chi connectivity index (χ1v) is 9.93. The molecule has 7 heteroatoms. The second-order valence-electron chi connectivity index (χ2n) is 7.01. The number of nitrogens with zero attached hydrogens (tertiary/aromatic N) is 1. The quantitative estimate of drug-likeness (QED) is 0.602. The lowest BCUT2D eigenvalue weighted by atomic mass is 10.1. The molecule has 150 valence electrons. The first kappa shape index (κ1) is 19.9. The third-order valence-electron chi connectivity index (χ3n) is 5.11. The zero-order valence-corrected chi connectivity index (χ0v) is 16.3. The van der Waals surface area contributed by atoms with E-state index in [0.717, 1.165) is 38.4 Å². The van der Waals surface area contributed by atoms with E-state index in [2.05, 4.69) is 39.8 Å². The SMILES string of the molecule is CCCNC(=O)C(=O)NC[C@@H](c1ccco1)[NH+]1CCN(c2ccccc2)CC1. The number of amides is 2. The fourth-order valence-electron chi connectivity index (χ4n) is 3.57. The van der Waals surface area contributed by atoms with Crippen LogP contribution < -0.4 is 20.4 Å². The van der Waals surface area contributed by atoms with Crippen LogP contribution in [0.2, 0.25) is 0 Å². The maximum atomic E-state index is 12.1. The lowest BCUT2D eigenvalue weighted by Crippen LogP contribution is -3.15. The van der Waals surface area contributed by atoms with E-state index in [1.807, 2.05) is 25.1 Å². The summed E-state index contributed by atoms with van der Waals surface area (Å²) in [7, 11) is 0. The van der Waals surface area contributed by atoms with Crippen LogP contribution in [0.5, 0.6) is 0 Å². The maximum Gasteiger partial charge on any atom is 0.309 e. The summed E-state index contributed by atoms with van der Waals surface area (Å²) in [4.78, 5) is 27.6. The van der Waals surface area contributed by atoms with Gasteiger partial charge in [0.05, 0.1) is 39.0 Å². The average molecular weight is 385 g/mol. The lowest BCUT2D eigenvalue weighted by Gasteiger charge is -2.37. The topological polar surface area (TPSA) is 79.0 Å². The minimum Gasteiger partial charge on any atom is -0.463 e. The molecule has 1 atom stereocenters. The summed E-state index contributed by atoms with van der Waals surface area (Å²) in [6.07, 6.45) is 2.45. The highest BCUT2D eigenvalue weighted by molar-refractivity contribution is 6.35. The second kappa shape index (κ2) is 9.94. The van der Waals surface area contributed by atoms with Gasteiger partial charge in [0.1, 0.15) is 0 Å². The molecule has 1 aliphatic rings. The average Bonchev–Trinajstić information content (AvgIpc) is 3.27. The van der Waals surface area contributed by atoms with E-state index in [1.54, 1.807) is 6.26 Å². The predicted molar refractivity (Wildman–Crippen MR) is 107 cm³/mol. The Morgan fingerprint density at radius 3 is 2.43 bits per heavy atom. The van der Waals surface area contributed by atoms with Gasteiger partial charge in [0.25, 0.3) is 0 Å². The van der Waals surface area contributed by atoms with Crippen molar-refractivity contribution in [3.8, 4) is 0 Å². The number of rotatable bonds is 7. The van der Waals surface area contributed by atoms with Crippen molar-refractivity contribution < 1.29 is 18.9 Å². The summed E-state index contributed by atoms with van der Waals surface area (Å²) >= 11 is 0. The van der Waals surface area contributed by atoms with E-state index in [4.69, 9.17) is 4.42 Å². The Bertz CT molecular complexity index is 740. The molecule has 2 aromatic rings. The Labute approximate surface area is 165 Å². The Morgan fingerprint density at radius 2 is 1.79 bits per heavy atom. The molecule has 3 N–H and O–H groups in total. The number of nitrogens with one attached hydrogen (secondary N) is 3. The zero-order valence-electron chi connectivity index (χ0n) is 16.3. The highest BCUT2D eigenvalue weighted by atomic mass is 16.3. The maximum absolute atomic E-state index is 12.1. The van der Waals surface area contributed by atoms with E-state index in [0.29, 0.717) is 13.1 Å². The van der Waals surface area contributed by atoms with Crippen LogP contribution >= 0.6 is 0 Å². The molecule has 1 aromatic carbocycles. The van der Waals surface area contributed by atoms with Crippen LogP contribution in [0.3, 0.4) is 0 Å². The Morgan fingerprint density at radius 1 is 1.07 bits per heavy atom. The number of carbonyl (C=O) groups excluding carboxylic acids is 2. The minimum absolute atomic E-state index is 0.0177. The van der Waals surface area contributed by atoms with Gasteiger partial charge in [0.2, 0.25) is 0 Å². The molecule has 7 nitrogen and oxygen atoms in total. The van der Waals surface area contributed by atoms with Gasteiger partial charge in [-0.05, 0) is 30.7 Å². The number of quaternary nitrogens is 1. The Hall–Kier alpha value is -2.80. The summed E-state index contributed by atoms with van der Waals surface area (Å²) in [5.74, 6) is -0.339. The van der Waals surface area contributed by atoms with Crippen molar-refractivity contribution in [2.24, 2.45) is 0 Å². The van der Waals surface area contributed by atoms with Crippen LogP contribution in [0.1, 0.15) is 25.1 Å². The highest BCUT2D eigenvalue weighted by Crippen LogP contribution is 2.14. The normalized spacial score (nSPS) is 15.8. The Kier molecular flexibility index (Phi) is 7.08. The van der Waals surface area contributed by atoms with E-state index in [9.17, 15) is 9.59 Å². The lowest BCUT2D eigenvalue weighted by molar-refractivity contribution is -0.932. The molecule has 0 aliphatic carbocycles. The molecule has 0 unspecified atom stereocenters. The standard InChI is InChI=1S/C21H28N4O3/c1-2-10-22-20(26)21(27)23-16-18(19-9-6-15-28-19)25-13-11-24(12-14-25)17-7-4-3-5-8-17/h3-9,15,18H,2,10-14,16H2,1H3,(H,22,26)(H,23,27)/p+1/t18-/m0/s1. The van der Waals surface area contributed by atoms with E-state index in [-0.39, 0.29) is 6.04 Å². The molecule has 0 spiro atoms. The van der Waals surface area contributed by atoms with Crippen molar-refractivity contribution in [2.45, 2.75) is 19.4 Å². The van der Waals surface area contributed by atoms with Crippen LogP contribution in [0, 0.1) is 0 Å². The number of hydrogen-bond donors (Lipinski definition) is 3. The summed E-state index contributed by atoms with van der Waals surface area (Å²) in [5, 5.41) is 5.38. The monoisotopic (exact) mass is 385 g/mol. The van der Waals surface area contributed by atoms with E-state index >= 15 is 0 Å². The van der Waals surface area contributed by atoms with Crippen molar-refractivity contribution in [1.29, 1.82) is 0 Å². The van der Waals surface area contributed by atoms with Gasteiger partial charge in [-0.2, -0.15) is 0 Å². The van der Waals surface area contributed by atoms with Crippen molar-refractivity contribution in [3.05, 3.63) is 54.5 Å². The molecule has 1 aliphatic heterocycles. The molecule has 1 saturated heterocycles. The smallest absolute Gasteiger partial charge is 0.309 e. The first-order valence-electron chi connectivity index (χ1n) is 9.93. The number of hydrogen-bond acceptors (Lipinski definition) is 4. The van der Waals surface area contributed by atoms with Gasteiger partial charge in [-0.3, -0.25) is 9.59 Å². The van der Waals surface area contributed by atoms with E-state index < -0.39 is 11.8 Å². The highest BCUT2D eigenvalue weighted by Gasteiger charge is 2.31. The fraction of sp³-hybridized carbons (Fsp3) is 0.429. The van der Waals surface area contributed by atoms with Crippen LogP contribution in [-0.4, -0.2) is 51.1 Å². The van der Waals surface area contributed by atoms with Crippen LogP contribution in [0.4, 0.5) is 5.69 Å². The Balaban J connectivity index is 1.59. The molecular weight excluding hydrogens is 356 g/mol. The summed E-state index contributed by atoms with van der Waals surface area (Å²) in [6.45, 7) is 6.54. The van der Waals surface area contributed by atoms with Gasteiger partial charge in [-0.1, -0.05) is 25.1 Å². The molecule has 28 heavy (non-hydrogen) atoms. The van der Waals surface area contributed by atoms with Crippen LogP contribution in [0.15, 0.2) is 53.1 Å². The van der Waals surface area contributed by atoms with E-state index in [1.165, 1.54) is 10.6 Å². The third kappa shape index (κ3) is 5.13. The number of benzene rings is 1. The number of carbonyl (C=O) groups is 2. The van der Waals surface area contributed by atoms with Crippen LogP contribution in [0.25, 0.3) is 0 Å². The minimum atomic E-state index is -0.590. The number of para-hydroxylation sites is 1. The van der Waals surface area contributed by atoms with Gasteiger partial charge in [0, 0.05) is 12.2 Å². The van der Waals surface area contributed by atoms with Crippen molar-refractivity contribution >= 4 is 17.5 Å². The molecular formula is C21H29N4O3+. The summed E-state index contributed by atoms with van der Waals surface area (Å²) in [6, 6.07) is 14.2. The molecule has 0 radical (unpaired) electrons. The summed E-state index contributed by atoms with van der Waals surface area (Å²) < 4.78 is 5.63. The molecule has 1 fully saturated rings. The van der Waals surface area contributed by atoms with Gasteiger partial charge in [0.15, 0.2) is 11.8 Å². The molecule has 2 heterocycles. The predicted octanol–water partition coefficient (Wildman–Crippen LogP) is 0.368. The van der Waals surface area contributed by atoms with Gasteiger partial charge < -0.3 is 24.9 Å².